The quantitative estimate of drug-likeness (QED) is 0.714. The molecule has 14 heavy (non-hydrogen) atoms. The molecular weight excluding hydrogens is 174 g/mol. The minimum atomic E-state index is -0.259. The SMILES string of the molecule is CC(C)NC1(C#N)CCN2CCCC21. The Morgan fingerprint density at radius 1 is 1.50 bits per heavy atom. The van der Waals surface area contributed by atoms with Gasteiger partial charge in [0.05, 0.1) is 6.07 Å². The summed E-state index contributed by atoms with van der Waals surface area (Å²) < 4.78 is 0. The number of nitrogens with one attached hydrogen (secondary N) is 1. The zero-order valence-electron chi connectivity index (χ0n) is 9.08. The Labute approximate surface area is 86.1 Å². The van der Waals surface area contributed by atoms with Crippen LogP contribution in [-0.4, -0.2) is 35.6 Å². The minimum absolute atomic E-state index is 0.259. The van der Waals surface area contributed by atoms with Gasteiger partial charge in [-0.15, -0.1) is 0 Å². The van der Waals surface area contributed by atoms with Crippen molar-refractivity contribution in [2.24, 2.45) is 0 Å². The molecule has 0 aromatic carbocycles. The molecule has 0 bridgehead atoms. The van der Waals surface area contributed by atoms with Gasteiger partial charge in [-0.3, -0.25) is 10.2 Å². The maximum Gasteiger partial charge on any atom is 0.123 e. The Balaban J connectivity index is 2.16. The molecule has 2 fully saturated rings. The van der Waals surface area contributed by atoms with Crippen molar-refractivity contribution in [3.8, 4) is 6.07 Å². The molecule has 2 aliphatic rings. The summed E-state index contributed by atoms with van der Waals surface area (Å²) in [5, 5.41) is 12.8. The monoisotopic (exact) mass is 193 g/mol. The van der Waals surface area contributed by atoms with E-state index in [9.17, 15) is 5.26 Å². The largest absolute Gasteiger partial charge is 0.297 e. The number of rotatable bonds is 2. The number of hydrogen-bond donors (Lipinski definition) is 1. The van der Waals surface area contributed by atoms with Gasteiger partial charge < -0.3 is 0 Å². The molecule has 78 valence electrons. The van der Waals surface area contributed by atoms with Gasteiger partial charge in [0.1, 0.15) is 5.54 Å². The lowest BCUT2D eigenvalue weighted by atomic mass is 9.89. The van der Waals surface area contributed by atoms with Crippen molar-refractivity contribution >= 4 is 0 Å². The summed E-state index contributed by atoms with van der Waals surface area (Å²) in [6.07, 6.45) is 3.44. The molecule has 0 aromatic heterocycles. The van der Waals surface area contributed by atoms with Crippen LogP contribution < -0.4 is 5.32 Å². The maximum atomic E-state index is 9.37. The van der Waals surface area contributed by atoms with Crippen LogP contribution in [0.3, 0.4) is 0 Å². The lowest BCUT2D eigenvalue weighted by Crippen LogP contribution is -2.54. The number of hydrogen-bond acceptors (Lipinski definition) is 3. The van der Waals surface area contributed by atoms with Crippen molar-refractivity contribution in [1.29, 1.82) is 5.26 Å². The van der Waals surface area contributed by atoms with E-state index in [1.807, 2.05) is 0 Å². The van der Waals surface area contributed by atoms with Crippen molar-refractivity contribution in [2.75, 3.05) is 13.1 Å². The molecule has 2 atom stereocenters. The average Bonchev–Trinajstić information content (AvgIpc) is 2.68. The Kier molecular flexibility index (Phi) is 2.50. The first-order chi connectivity index (χ1) is 6.68. The van der Waals surface area contributed by atoms with E-state index in [0.29, 0.717) is 12.1 Å². The summed E-state index contributed by atoms with van der Waals surface area (Å²) >= 11 is 0. The predicted molar refractivity (Wildman–Crippen MR) is 55.8 cm³/mol. The van der Waals surface area contributed by atoms with E-state index in [2.05, 4.69) is 30.1 Å². The molecule has 2 aliphatic heterocycles. The van der Waals surface area contributed by atoms with Gasteiger partial charge in [0.15, 0.2) is 0 Å². The summed E-state index contributed by atoms with van der Waals surface area (Å²) in [5.74, 6) is 0. The third-order valence-corrected chi connectivity index (χ3v) is 3.47. The van der Waals surface area contributed by atoms with Crippen LogP contribution in [0.4, 0.5) is 0 Å². The van der Waals surface area contributed by atoms with E-state index in [0.717, 1.165) is 13.0 Å². The highest BCUT2D eigenvalue weighted by atomic mass is 15.3. The van der Waals surface area contributed by atoms with Gasteiger partial charge in [-0.2, -0.15) is 5.26 Å². The van der Waals surface area contributed by atoms with Gasteiger partial charge in [0.2, 0.25) is 0 Å². The smallest absolute Gasteiger partial charge is 0.123 e. The van der Waals surface area contributed by atoms with Crippen molar-refractivity contribution in [2.45, 2.75) is 50.7 Å². The molecule has 0 spiro atoms. The topological polar surface area (TPSA) is 39.1 Å². The zero-order valence-corrected chi connectivity index (χ0v) is 9.08. The maximum absolute atomic E-state index is 9.37. The summed E-state index contributed by atoms with van der Waals surface area (Å²) in [6.45, 7) is 6.53. The first kappa shape index (κ1) is 9.95. The van der Waals surface area contributed by atoms with E-state index in [4.69, 9.17) is 0 Å². The van der Waals surface area contributed by atoms with Crippen LogP contribution in [0.5, 0.6) is 0 Å². The molecule has 3 nitrogen and oxygen atoms in total. The number of fused-ring (bicyclic) bond motifs is 1. The average molecular weight is 193 g/mol. The van der Waals surface area contributed by atoms with E-state index >= 15 is 0 Å². The molecule has 3 heteroatoms. The van der Waals surface area contributed by atoms with Crippen LogP contribution in [0.2, 0.25) is 0 Å². The van der Waals surface area contributed by atoms with Crippen molar-refractivity contribution in [3.63, 3.8) is 0 Å². The van der Waals surface area contributed by atoms with E-state index in [1.54, 1.807) is 0 Å². The van der Waals surface area contributed by atoms with Gasteiger partial charge >= 0.3 is 0 Å². The highest BCUT2D eigenvalue weighted by Crippen LogP contribution is 2.35. The Hall–Kier alpha value is -0.590. The Morgan fingerprint density at radius 3 is 2.93 bits per heavy atom. The lowest BCUT2D eigenvalue weighted by Gasteiger charge is -2.31. The standard InChI is InChI=1S/C11H19N3/c1-9(2)13-11(8-12)5-7-14-6-3-4-10(11)14/h9-10,13H,3-7H2,1-2H3. The van der Waals surface area contributed by atoms with Gasteiger partial charge in [-0.25, -0.2) is 0 Å². The second kappa shape index (κ2) is 3.52. The third-order valence-electron chi connectivity index (χ3n) is 3.47. The molecule has 2 unspecified atom stereocenters. The van der Waals surface area contributed by atoms with E-state index in [1.165, 1.54) is 19.4 Å². The zero-order chi connectivity index (χ0) is 10.2. The fourth-order valence-electron chi connectivity index (χ4n) is 2.98. The second-order valence-corrected chi connectivity index (χ2v) is 4.83. The van der Waals surface area contributed by atoms with Crippen molar-refractivity contribution in [1.82, 2.24) is 10.2 Å². The fourth-order valence-corrected chi connectivity index (χ4v) is 2.98. The first-order valence-electron chi connectivity index (χ1n) is 5.61. The van der Waals surface area contributed by atoms with Crippen LogP contribution in [0.25, 0.3) is 0 Å². The molecule has 0 aromatic rings. The lowest BCUT2D eigenvalue weighted by molar-refractivity contribution is 0.256. The second-order valence-electron chi connectivity index (χ2n) is 4.83. The summed E-state index contributed by atoms with van der Waals surface area (Å²) in [5.41, 5.74) is -0.259. The van der Waals surface area contributed by atoms with Crippen LogP contribution in [0.15, 0.2) is 0 Å². The van der Waals surface area contributed by atoms with Crippen LogP contribution >= 0.6 is 0 Å². The third kappa shape index (κ3) is 1.43. The molecule has 0 amide bonds. The normalized spacial score (nSPS) is 37.4. The van der Waals surface area contributed by atoms with Gasteiger partial charge in [0, 0.05) is 18.6 Å². The highest BCUT2D eigenvalue weighted by Gasteiger charge is 2.49. The molecule has 1 N–H and O–H groups in total. The molecule has 0 radical (unpaired) electrons. The van der Waals surface area contributed by atoms with E-state index < -0.39 is 0 Å². The summed E-state index contributed by atoms with van der Waals surface area (Å²) in [7, 11) is 0. The van der Waals surface area contributed by atoms with Crippen molar-refractivity contribution < 1.29 is 0 Å². The summed E-state index contributed by atoms with van der Waals surface area (Å²) in [4.78, 5) is 2.47. The number of nitrogens with zero attached hydrogens (tertiary/aromatic N) is 2. The highest BCUT2D eigenvalue weighted by molar-refractivity contribution is 5.20. The van der Waals surface area contributed by atoms with Crippen LogP contribution in [0.1, 0.15) is 33.1 Å². The predicted octanol–water partition coefficient (Wildman–Crippen LogP) is 1.11. The van der Waals surface area contributed by atoms with Gasteiger partial charge in [-0.1, -0.05) is 0 Å². The molecule has 2 rings (SSSR count). The fraction of sp³-hybridized carbons (Fsp3) is 0.909. The van der Waals surface area contributed by atoms with Gasteiger partial charge in [-0.05, 0) is 39.7 Å². The Bertz CT molecular complexity index is 256. The van der Waals surface area contributed by atoms with Crippen LogP contribution in [-0.2, 0) is 0 Å². The molecular formula is C11H19N3. The first-order valence-corrected chi connectivity index (χ1v) is 5.61. The Morgan fingerprint density at radius 2 is 2.29 bits per heavy atom. The summed E-state index contributed by atoms with van der Waals surface area (Å²) in [6, 6.07) is 3.39. The molecule has 0 aliphatic carbocycles. The minimum Gasteiger partial charge on any atom is -0.297 e. The van der Waals surface area contributed by atoms with E-state index in [-0.39, 0.29) is 5.54 Å². The van der Waals surface area contributed by atoms with Gasteiger partial charge in [0.25, 0.3) is 0 Å². The van der Waals surface area contributed by atoms with Crippen LogP contribution in [0, 0.1) is 11.3 Å². The number of nitriles is 1. The van der Waals surface area contributed by atoms with Crippen molar-refractivity contribution in [3.05, 3.63) is 0 Å². The molecule has 0 saturated carbocycles. The molecule has 2 heterocycles. The molecule has 2 saturated heterocycles.